The van der Waals surface area contributed by atoms with Crippen molar-refractivity contribution >= 4 is 12.0 Å². The highest BCUT2D eigenvalue weighted by molar-refractivity contribution is 5.80. The van der Waals surface area contributed by atoms with Crippen molar-refractivity contribution in [3.05, 3.63) is 0 Å². The predicted molar refractivity (Wildman–Crippen MR) is 61.9 cm³/mol. The van der Waals surface area contributed by atoms with Gasteiger partial charge in [0.05, 0.1) is 6.10 Å². The molecule has 6 heteroatoms. The minimum absolute atomic E-state index is 0.0762. The molecule has 98 valence electrons. The molecule has 0 radical (unpaired) electrons. The van der Waals surface area contributed by atoms with E-state index in [1.54, 1.807) is 12.0 Å². The van der Waals surface area contributed by atoms with E-state index < -0.39 is 5.97 Å². The topological polar surface area (TPSA) is 70.1 Å². The lowest BCUT2D eigenvalue weighted by atomic mass is 10.3. The molecule has 17 heavy (non-hydrogen) atoms. The molecule has 0 aromatic carbocycles. The molecule has 1 aliphatic rings. The fourth-order valence-electron chi connectivity index (χ4n) is 1.97. The third kappa shape index (κ3) is 3.89. The molecule has 2 amide bonds. The smallest absolute Gasteiger partial charge is 0.323 e. The number of carboxylic acids is 1. The van der Waals surface area contributed by atoms with Gasteiger partial charge < -0.3 is 19.6 Å². The van der Waals surface area contributed by atoms with Crippen molar-refractivity contribution in [1.29, 1.82) is 0 Å². The van der Waals surface area contributed by atoms with Gasteiger partial charge in [-0.25, -0.2) is 4.79 Å². The number of methoxy groups -OCH3 is 1. The van der Waals surface area contributed by atoms with Crippen LogP contribution in [0.3, 0.4) is 0 Å². The Morgan fingerprint density at radius 3 is 2.71 bits per heavy atom. The SMILES string of the molecule is CCCN(CC(=O)O)C(=O)N1CCC(OC)C1. The molecule has 0 aliphatic carbocycles. The monoisotopic (exact) mass is 244 g/mol. The molecule has 1 heterocycles. The van der Waals surface area contributed by atoms with Gasteiger partial charge in [0.1, 0.15) is 6.54 Å². The summed E-state index contributed by atoms with van der Waals surface area (Å²) in [6.45, 7) is 3.34. The lowest BCUT2D eigenvalue weighted by Gasteiger charge is -2.26. The van der Waals surface area contributed by atoms with Gasteiger partial charge in [0, 0.05) is 26.7 Å². The van der Waals surface area contributed by atoms with Crippen LogP contribution in [0.1, 0.15) is 19.8 Å². The molecule has 1 aliphatic heterocycles. The second-order valence-corrected chi connectivity index (χ2v) is 4.19. The molecule has 6 nitrogen and oxygen atoms in total. The summed E-state index contributed by atoms with van der Waals surface area (Å²) in [6, 6.07) is -0.200. The summed E-state index contributed by atoms with van der Waals surface area (Å²) >= 11 is 0. The van der Waals surface area contributed by atoms with E-state index in [1.807, 2.05) is 6.92 Å². The summed E-state index contributed by atoms with van der Waals surface area (Å²) in [7, 11) is 1.62. The highest BCUT2D eigenvalue weighted by Crippen LogP contribution is 2.14. The van der Waals surface area contributed by atoms with Crippen molar-refractivity contribution in [2.45, 2.75) is 25.9 Å². The van der Waals surface area contributed by atoms with Crippen molar-refractivity contribution in [3.8, 4) is 0 Å². The zero-order chi connectivity index (χ0) is 12.8. The van der Waals surface area contributed by atoms with E-state index in [2.05, 4.69) is 0 Å². The maximum absolute atomic E-state index is 12.1. The quantitative estimate of drug-likeness (QED) is 0.769. The van der Waals surface area contributed by atoms with Gasteiger partial charge in [-0.1, -0.05) is 6.92 Å². The average Bonchev–Trinajstić information content (AvgIpc) is 2.75. The number of aliphatic carboxylic acids is 1. The van der Waals surface area contributed by atoms with Crippen LogP contribution in [-0.2, 0) is 9.53 Å². The molecule has 1 fully saturated rings. The average molecular weight is 244 g/mol. The number of carbonyl (C=O) groups is 2. The Morgan fingerprint density at radius 2 is 2.24 bits per heavy atom. The maximum atomic E-state index is 12.1. The number of amides is 2. The van der Waals surface area contributed by atoms with Crippen LogP contribution >= 0.6 is 0 Å². The minimum atomic E-state index is -0.978. The summed E-state index contributed by atoms with van der Waals surface area (Å²) in [5.74, 6) is -0.978. The van der Waals surface area contributed by atoms with E-state index in [-0.39, 0.29) is 18.7 Å². The number of carboxylic acid groups (broad SMARTS) is 1. The van der Waals surface area contributed by atoms with Gasteiger partial charge in [-0.3, -0.25) is 4.79 Å². The van der Waals surface area contributed by atoms with Crippen molar-refractivity contribution in [3.63, 3.8) is 0 Å². The van der Waals surface area contributed by atoms with Gasteiger partial charge >= 0.3 is 12.0 Å². The highest BCUT2D eigenvalue weighted by Gasteiger charge is 2.29. The summed E-state index contributed by atoms with van der Waals surface area (Å²) in [6.07, 6.45) is 1.64. The van der Waals surface area contributed by atoms with Gasteiger partial charge in [-0.15, -0.1) is 0 Å². The molecule has 1 unspecified atom stereocenters. The van der Waals surface area contributed by atoms with E-state index in [1.165, 1.54) is 4.90 Å². The summed E-state index contributed by atoms with van der Waals surface area (Å²) in [4.78, 5) is 25.8. The lowest BCUT2D eigenvalue weighted by Crippen LogP contribution is -2.45. The summed E-state index contributed by atoms with van der Waals surface area (Å²) in [5.41, 5.74) is 0. The number of ether oxygens (including phenoxy) is 1. The Morgan fingerprint density at radius 1 is 1.53 bits per heavy atom. The van der Waals surface area contributed by atoms with Crippen molar-refractivity contribution in [2.75, 3.05) is 33.3 Å². The molecule has 1 saturated heterocycles. The van der Waals surface area contributed by atoms with Gasteiger partial charge in [0.15, 0.2) is 0 Å². The van der Waals surface area contributed by atoms with Gasteiger partial charge in [0.25, 0.3) is 0 Å². The van der Waals surface area contributed by atoms with E-state index in [0.717, 1.165) is 12.8 Å². The molecule has 1 rings (SSSR count). The second kappa shape index (κ2) is 6.44. The normalized spacial score (nSPS) is 19.4. The number of nitrogens with zero attached hydrogens (tertiary/aromatic N) is 2. The Hall–Kier alpha value is -1.30. The van der Waals surface area contributed by atoms with Gasteiger partial charge in [-0.05, 0) is 12.8 Å². The minimum Gasteiger partial charge on any atom is -0.480 e. The molecule has 0 saturated carbocycles. The number of urea groups is 1. The van der Waals surface area contributed by atoms with Crippen LogP contribution in [0.5, 0.6) is 0 Å². The zero-order valence-corrected chi connectivity index (χ0v) is 10.4. The highest BCUT2D eigenvalue weighted by atomic mass is 16.5. The summed E-state index contributed by atoms with van der Waals surface area (Å²) < 4.78 is 5.18. The second-order valence-electron chi connectivity index (χ2n) is 4.19. The molecule has 0 spiro atoms. The van der Waals surface area contributed by atoms with Crippen LogP contribution in [0.25, 0.3) is 0 Å². The number of carbonyl (C=O) groups excluding carboxylic acids is 1. The largest absolute Gasteiger partial charge is 0.480 e. The van der Waals surface area contributed by atoms with Gasteiger partial charge in [-0.2, -0.15) is 0 Å². The van der Waals surface area contributed by atoms with Crippen molar-refractivity contribution < 1.29 is 19.4 Å². The van der Waals surface area contributed by atoms with E-state index in [9.17, 15) is 9.59 Å². The number of likely N-dealkylation sites (tertiary alicyclic amines) is 1. The van der Waals surface area contributed by atoms with Crippen LogP contribution in [0.15, 0.2) is 0 Å². The Labute approximate surface area is 101 Å². The van der Waals surface area contributed by atoms with Crippen LogP contribution in [0.2, 0.25) is 0 Å². The van der Waals surface area contributed by atoms with Crippen LogP contribution in [-0.4, -0.2) is 66.3 Å². The number of hydrogen-bond donors (Lipinski definition) is 1. The Balaban J connectivity index is 2.55. The molecule has 0 bridgehead atoms. The number of hydrogen-bond acceptors (Lipinski definition) is 3. The zero-order valence-electron chi connectivity index (χ0n) is 10.4. The first-order valence-electron chi connectivity index (χ1n) is 5.87. The predicted octanol–water partition coefficient (Wildman–Crippen LogP) is 0.624. The summed E-state index contributed by atoms with van der Waals surface area (Å²) in [5, 5.41) is 8.76. The third-order valence-electron chi connectivity index (χ3n) is 2.84. The standard InChI is InChI=1S/C11H20N2O4/c1-3-5-12(8-10(14)15)11(16)13-6-4-9(7-13)17-2/h9H,3-8H2,1-2H3,(H,14,15). The molecule has 0 aromatic heterocycles. The molecular formula is C11H20N2O4. The van der Waals surface area contributed by atoms with Crippen molar-refractivity contribution in [1.82, 2.24) is 9.80 Å². The number of rotatable bonds is 5. The molecule has 0 aromatic rings. The van der Waals surface area contributed by atoms with E-state index in [0.29, 0.717) is 19.6 Å². The maximum Gasteiger partial charge on any atom is 0.323 e. The van der Waals surface area contributed by atoms with E-state index in [4.69, 9.17) is 9.84 Å². The van der Waals surface area contributed by atoms with Crippen LogP contribution in [0, 0.1) is 0 Å². The first-order chi connectivity index (χ1) is 8.08. The van der Waals surface area contributed by atoms with Crippen LogP contribution < -0.4 is 0 Å². The fraction of sp³-hybridized carbons (Fsp3) is 0.818. The van der Waals surface area contributed by atoms with Crippen LogP contribution in [0.4, 0.5) is 4.79 Å². The molecular weight excluding hydrogens is 224 g/mol. The van der Waals surface area contributed by atoms with E-state index >= 15 is 0 Å². The lowest BCUT2D eigenvalue weighted by molar-refractivity contribution is -0.137. The molecule has 1 N–H and O–H groups in total. The van der Waals surface area contributed by atoms with Crippen molar-refractivity contribution in [2.24, 2.45) is 0 Å². The Kier molecular flexibility index (Phi) is 5.21. The first kappa shape index (κ1) is 13.8. The third-order valence-corrected chi connectivity index (χ3v) is 2.84. The fourth-order valence-corrected chi connectivity index (χ4v) is 1.97. The molecule has 1 atom stereocenters. The first-order valence-corrected chi connectivity index (χ1v) is 5.87. The van der Waals surface area contributed by atoms with Gasteiger partial charge in [0.2, 0.25) is 0 Å². The Bertz CT molecular complexity index is 283.